The molecule has 0 aliphatic heterocycles. The van der Waals surface area contributed by atoms with E-state index < -0.39 is 17.4 Å². The van der Waals surface area contributed by atoms with Gasteiger partial charge in [0.15, 0.2) is 11.2 Å². The number of aromatic amines is 1. The molecule has 3 aromatic rings. The molecule has 9 heteroatoms. The van der Waals surface area contributed by atoms with E-state index in [4.69, 9.17) is 4.74 Å². The summed E-state index contributed by atoms with van der Waals surface area (Å²) in [6, 6.07) is 9.49. The lowest BCUT2D eigenvalue weighted by molar-refractivity contribution is 0.0938. The topological polar surface area (TPSA) is 114 Å². The van der Waals surface area contributed by atoms with Gasteiger partial charge in [-0.25, -0.2) is 4.79 Å². The van der Waals surface area contributed by atoms with Gasteiger partial charge in [-0.1, -0.05) is 37.5 Å². The van der Waals surface area contributed by atoms with Crippen LogP contribution in [0.4, 0.5) is 5.95 Å². The first-order valence-corrected chi connectivity index (χ1v) is 10.3. The summed E-state index contributed by atoms with van der Waals surface area (Å²) >= 11 is 0. The Morgan fingerprint density at radius 2 is 1.97 bits per heavy atom. The molecular formula is C21H27N5O4. The lowest BCUT2D eigenvalue weighted by Gasteiger charge is -2.24. The number of anilines is 1. The Balaban J connectivity index is 1.63. The van der Waals surface area contributed by atoms with Crippen LogP contribution in [0, 0.1) is 0 Å². The van der Waals surface area contributed by atoms with Crippen molar-refractivity contribution in [3.05, 3.63) is 51.2 Å². The second-order valence-corrected chi connectivity index (χ2v) is 7.79. The van der Waals surface area contributed by atoms with Crippen LogP contribution in [0.25, 0.3) is 11.2 Å². The number of nitrogens with one attached hydrogen (secondary N) is 2. The maximum atomic E-state index is 12.6. The third-order valence-corrected chi connectivity index (χ3v) is 5.52. The first-order chi connectivity index (χ1) is 14.5. The predicted molar refractivity (Wildman–Crippen MR) is 114 cm³/mol. The summed E-state index contributed by atoms with van der Waals surface area (Å²) in [4.78, 5) is 31.4. The van der Waals surface area contributed by atoms with Crippen molar-refractivity contribution >= 4 is 17.1 Å². The van der Waals surface area contributed by atoms with Gasteiger partial charge in [0.1, 0.15) is 18.5 Å². The van der Waals surface area contributed by atoms with E-state index in [1.54, 1.807) is 11.6 Å². The number of ether oxygens (including phenoxy) is 1. The number of aromatic nitrogens is 4. The van der Waals surface area contributed by atoms with Crippen molar-refractivity contribution in [2.75, 3.05) is 11.9 Å². The number of nitrogens with zero attached hydrogens (tertiary/aromatic N) is 3. The number of hydrogen-bond acceptors (Lipinski definition) is 6. The number of aliphatic hydroxyl groups is 1. The molecule has 9 nitrogen and oxygen atoms in total. The molecular weight excluding hydrogens is 386 g/mol. The normalized spacial score (nSPS) is 15.9. The van der Waals surface area contributed by atoms with Gasteiger partial charge in [-0.2, -0.15) is 4.98 Å². The van der Waals surface area contributed by atoms with Gasteiger partial charge in [0.05, 0.1) is 6.54 Å². The van der Waals surface area contributed by atoms with Crippen molar-refractivity contribution in [3.8, 4) is 5.75 Å². The van der Waals surface area contributed by atoms with Gasteiger partial charge in [-0.3, -0.25) is 14.3 Å². The van der Waals surface area contributed by atoms with E-state index in [2.05, 4.69) is 15.3 Å². The molecule has 4 rings (SSSR count). The molecule has 0 saturated heterocycles. The lowest BCUT2D eigenvalue weighted by Crippen LogP contribution is -2.31. The van der Waals surface area contributed by atoms with Crippen molar-refractivity contribution in [2.45, 2.75) is 50.8 Å². The van der Waals surface area contributed by atoms with Gasteiger partial charge in [0, 0.05) is 13.1 Å². The Hall–Kier alpha value is -3.07. The molecule has 1 saturated carbocycles. The number of benzene rings is 1. The Labute approximate surface area is 173 Å². The number of hydrogen-bond donors (Lipinski definition) is 3. The second kappa shape index (κ2) is 8.74. The highest BCUT2D eigenvalue weighted by molar-refractivity contribution is 5.74. The van der Waals surface area contributed by atoms with Gasteiger partial charge >= 0.3 is 5.69 Å². The fourth-order valence-corrected chi connectivity index (χ4v) is 3.92. The monoisotopic (exact) mass is 413 g/mol. The highest BCUT2D eigenvalue weighted by Crippen LogP contribution is 2.23. The van der Waals surface area contributed by atoms with Crippen molar-refractivity contribution in [2.24, 2.45) is 7.05 Å². The number of para-hydroxylation sites is 1. The van der Waals surface area contributed by atoms with Crippen molar-refractivity contribution in [3.63, 3.8) is 0 Å². The van der Waals surface area contributed by atoms with Gasteiger partial charge in [0.2, 0.25) is 5.95 Å². The summed E-state index contributed by atoms with van der Waals surface area (Å²) in [7, 11) is 1.57. The SMILES string of the molecule is Cn1c(=O)[nH]c(=O)c2c1nc(NC1CCCCC1)n2C[C@H](O)COc1ccccc1. The summed E-state index contributed by atoms with van der Waals surface area (Å²) in [5.41, 5.74) is -0.491. The summed E-state index contributed by atoms with van der Waals surface area (Å²) in [5.74, 6) is 1.15. The standard InChI is InChI=1S/C21H27N5O4/c1-25-18-17(19(28)24-21(25)29)26(20(23-18)22-14-8-4-2-5-9-14)12-15(27)13-30-16-10-6-3-7-11-16/h3,6-7,10-11,14-15,27H,2,4-5,8-9,12-13H2,1H3,(H,22,23)(H,24,28,29)/t15-/m0/s1. The zero-order valence-corrected chi connectivity index (χ0v) is 17.0. The smallest absolute Gasteiger partial charge is 0.329 e. The van der Waals surface area contributed by atoms with E-state index in [1.807, 2.05) is 30.3 Å². The highest BCUT2D eigenvalue weighted by atomic mass is 16.5. The summed E-state index contributed by atoms with van der Waals surface area (Å²) in [6.07, 6.45) is 4.69. The van der Waals surface area contributed by atoms with Crippen LogP contribution < -0.4 is 21.3 Å². The average molecular weight is 413 g/mol. The van der Waals surface area contributed by atoms with E-state index in [9.17, 15) is 14.7 Å². The largest absolute Gasteiger partial charge is 0.491 e. The quantitative estimate of drug-likeness (QED) is 0.542. The molecule has 0 amide bonds. The van der Waals surface area contributed by atoms with Crippen LogP contribution in [0.1, 0.15) is 32.1 Å². The second-order valence-electron chi connectivity index (χ2n) is 7.79. The van der Waals surface area contributed by atoms with Crippen LogP contribution in [0.3, 0.4) is 0 Å². The molecule has 2 aromatic heterocycles. The van der Waals surface area contributed by atoms with E-state index in [0.717, 1.165) is 25.7 Å². The fraction of sp³-hybridized carbons (Fsp3) is 0.476. The molecule has 1 atom stereocenters. The van der Waals surface area contributed by atoms with Gasteiger partial charge in [-0.15, -0.1) is 0 Å². The van der Waals surface area contributed by atoms with Gasteiger partial charge < -0.3 is 19.7 Å². The van der Waals surface area contributed by atoms with Crippen molar-refractivity contribution in [1.29, 1.82) is 0 Å². The molecule has 0 bridgehead atoms. The molecule has 1 aliphatic rings. The molecule has 1 aliphatic carbocycles. The van der Waals surface area contributed by atoms with Crippen LogP contribution in [0.5, 0.6) is 5.75 Å². The first-order valence-electron chi connectivity index (χ1n) is 10.3. The average Bonchev–Trinajstić information content (AvgIpc) is 3.10. The lowest BCUT2D eigenvalue weighted by atomic mass is 9.96. The molecule has 30 heavy (non-hydrogen) atoms. The maximum Gasteiger partial charge on any atom is 0.329 e. The Morgan fingerprint density at radius 3 is 2.70 bits per heavy atom. The third-order valence-electron chi connectivity index (χ3n) is 5.52. The van der Waals surface area contributed by atoms with E-state index in [1.165, 1.54) is 11.0 Å². The number of aliphatic hydroxyl groups excluding tert-OH is 1. The van der Waals surface area contributed by atoms with Gasteiger partial charge in [-0.05, 0) is 25.0 Å². The van der Waals surface area contributed by atoms with E-state index in [0.29, 0.717) is 17.3 Å². The molecule has 1 fully saturated rings. The zero-order valence-electron chi connectivity index (χ0n) is 17.0. The Bertz CT molecular complexity index is 1110. The van der Waals surface area contributed by atoms with Crippen LogP contribution in [-0.2, 0) is 13.6 Å². The number of H-pyrrole nitrogens is 1. The molecule has 160 valence electrons. The van der Waals surface area contributed by atoms with E-state index >= 15 is 0 Å². The number of rotatable bonds is 7. The minimum Gasteiger partial charge on any atom is -0.491 e. The number of imidazole rings is 1. The highest BCUT2D eigenvalue weighted by Gasteiger charge is 2.22. The first kappa shape index (κ1) is 20.2. The molecule has 2 heterocycles. The fourth-order valence-electron chi connectivity index (χ4n) is 3.92. The number of aryl methyl sites for hydroxylation is 1. The van der Waals surface area contributed by atoms with Crippen LogP contribution >= 0.6 is 0 Å². The third kappa shape index (κ3) is 4.25. The van der Waals surface area contributed by atoms with Crippen LogP contribution in [0.2, 0.25) is 0 Å². The van der Waals surface area contributed by atoms with Crippen LogP contribution in [0.15, 0.2) is 39.9 Å². The predicted octanol–water partition coefficient (Wildman–Crippen LogP) is 1.61. The summed E-state index contributed by atoms with van der Waals surface area (Å²) < 4.78 is 8.61. The molecule has 1 aromatic carbocycles. The van der Waals surface area contributed by atoms with Crippen LogP contribution in [-0.4, -0.2) is 43.0 Å². The number of fused-ring (bicyclic) bond motifs is 1. The molecule has 0 unspecified atom stereocenters. The molecule has 0 radical (unpaired) electrons. The van der Waals surface area contributed by atoms with Crippen molar-refractivity contribution < 1.29 is 9.84 Å². The minimum atomic E-state index is -0.869. The molecule has 3 N–H and O–H groups in total. The minimum absolute atomic E-state index is 0.0657. The molecule has 0 spiro atoms. The van der Waals surface area contributed by atoms with E-state index in [-0.39, 0.29) is 24.7 Å². The Kier molecular flexibility index (Phi) is 5.89. The Morgan fingerprint density at radius 1 is 1.23 bits per heavy atom. The van der Waals surface area contributed by atoms with Crippen molar-refractivity contribution in [1.82, 2.24) is 19.1 Å². The van der Waals surface area contributed by atoms with Gasteiger partial charge in [0.25, 0.3) is 5.56 Å². The summed E-state index contributed by atoms with van der Waals surface area (Å²) in [5, 5.41) is 14.0. The zero-order chi connectivity index (χ0) is 21.1. The maximum absolute atomic E-state index is 12.6. The summed E-state index contributed by atoms with van der Waals surface area (Å²) in [6.45, 7) is 0.176.